The van der Waals surface area contributed by atoms with Crippen molar-refractivity contribution in [2.45, 2.75) is 19.4 Å². The molecule has 2 aliphatic heterocycles. The molecule has 31 heavy (non-hydrogen) atoms. The van der Waals surface area contributed by atoms with Crippen molar-refractivity contribution in [2.24, 2.45) is 5.92 Å². The normalized spacial score (nSPS) is 22.4. The number of nitrogens with zero attached hydrogens (tertiary/aromatic N) is 1. The summed E-state index contributed by atoms with van der Waals surface area (Å²) in [5.41, 5.74) is 5.90. The maximum absolute atomic E-state index is 13.8. The van der Waals surface area contributed by atoms with Gasteiger partial charge in [0.2, 0.25) is 0 Å². The molecule has 0 radical (unpaired) electrons. The minimum absolute atomic E-state index is 0.00310. The van der Waals surface area contributed by atoms with Crippen LogP contribution in [-0.2, 0) is 16.1 Å². The summed E-state index contributed by atoms with van der Waals surface area (Å²) in [6.07, 6.45) is 0. The van der Waals surface area contributed by atoms with Gasteiger partial charge in [0, 0.05) is 11.5 Å². The molecule has 5 rings (SSSR count). The van der Waals surface area contributed by atoms with Crippen LogP contribution in [-0.4, -0.2) is 12.5 Å². The number of para-hydroxylation sites is 1. The lowest BCUT2D eigenvalue weighted by Gasteiger charge is -2.20. The van der Waals surface area contributed by atoms with E-state index in [-0.39, 0.29) is 17.7 Å². The Morgan fingerprint density at radius 3 is 2.32 bits per heavy atom. The van der Waals surface area contributed by atoms with Gasteiger partial charge in [-0.1, -0.05) is 91.0 Å². The number of rotatable bonds is 4. The summed E-state index contributed by atoms with van der Waals surface area (Å²) in [6.45, 7) is 7.33. The Hall–Kier alpha value is -3.59. The molecule has 1 saturated heterocycles. The van der Waals surface area contributed by atoms with Gasteiger partial charge in [-0.25, -0.2) is 0 Å². The lowest BCUT2D eigenvalue weighted by atomic mass is 9.81. The monoisotopic (exact) mass is 407 g/mol. The SMILES string of the molecule is C=C(C)[C@@H]1CO/C(=C2/C(=O)N(Cc3ccccc3)c3ccccc32)[C@H]1c1ccccc1. The third kappa shape index (κ3) is 3.36. The van der Waals surface area contributed by atoms with Crippen molar-refractivity contribution < 1.29 is 9.53 Å². The molecule has 0 aromatic heterocycles. The summed E-state index contributed by atoms with van der Waals surface area (Å²) in [6, 6.07) is 28.4. The molecule has 3 aromatic rings. The number of ether oxygens (including phenoxy) is 1. The molecule has 0 spiro atoms. The van der Waals surface area contributed by atoms with E-state index in [4.69, 9.17) is 4.74 Å². The van der Waals surface area contributed by atoms with E-state index < -0.39 is 0 Å². The van der Waals surface area contributed by atoms with Crippen LogP contribution in [0.1, 0.15) is 29.5 Å². The third-order valence-corrected chi connectivity index (χ3v) is 6.25. The summed E-state index contributed by atoms with van der Waals surface area (Å²) >= 11 is 0. The van der Waals surface area contributed by atoms with Crippen molar-refractivity contribution in [1.29, 1.82) is 0 Å². The first-order chi connectivity index (χ1) is 15.1. The van der Waals surface area contributed by atoms with Crippen molar-refractivity contribution >= 4 is 17.2 Å². The number of hydrogen-bond donors (Lipinski definition) is 0. The fourth-order valence-corrected chi connectivity index (χ4v) is 4.69. The van der Waals surface area contributed by atoms with Gasteiger partial charge < -0.3 is 9.64 Å². The Labute approximate surface area is 183 Å². The Morgan fingerprint density at radius 2 is 1.61 bits per heavy atom. The molecule has 3 nitrogen and oxygen atoms in total. The number of carbonyl (C=O) groups excluding carboxylic acids is 1. The molecule has 0 bridgehead atoms. The van der Waals surface area contributed by atoms with Crippen molar-refractivity contribution in [1.82, 2.24) is 0 Å². The second kappa shape index (κ2) is 7.92. The first-order valence-corrected chi connectivity index (χ1v) is 10.7. The molecule has 2 heterocycles. The van der Waals surface area contributed by atoms with E-state index in [9.17, 15) is 4.79 Å². The fraction of sp³-hybridized carbons (Fsp3) is 0.179. The third-order valence-electron chi connectivity index (χ3n) is 6.25. The molecule has 3 heteroatoms. The molecule has 0 N–H and O–H groups in total. The van der Waals surface area contributed by atoms with Gasteiger partial charge >= 0.3 is 0 Å². The van der Waals surface area contributed by atoms with Crippen LogP contribution in [0.15, 0.2) is 103 Å². The van der Waals surface area contributed by atoms with E-state index >= 15 is 0 Å². The molecule has 2 aliphatic rings. The molecular weight excluding hydrogens is 382 g/mol. The van der Waals surface area contributed by atoms with E-state index in [1.165, 1.54) is 0 Å². The lowest BCUT2D eigenvalue weighted by Crippen LogP contribution is -2.26. The van der Waals surface area contributed by atoms with Gasteiger partial charge in [-0.15, -0.1) is 0 Å². The van der Waals surface area contributed by atoms with Crippen molar-refractivity contribution in [3.05, 3.63) is 120 Å². The average Bonchev–Trinajstić information content (AvgIpc) is 3.35. The highest BCUT2D eigenvalue weighted by Crippen LogP contribution is 2.49. The molecule has 0 saturated carbocycles. The van der Waals surface area contributed by atoms with Gasteiger partial charge in [0.1, 0.15) is 5.76 Å². The molecule has 3 aromatic carbocycles. The highest BCUT2D eigenvalue weighted by Gasteiger charge is 2.43. The van der Waals surface area contributed by atoms with Gasteiger partial charge in [0.05, 0.1) is 30.3 Å². The van der Waals surface area contributed by atoms with E-state index in [1.807, 2.05) is 72.5 Å². The number of amides is 1. The zero-order valence-corrected chi connectivity index (χ0v) is 17.6. The summed E-state index contributed by atoms with van der Waals surface area (Å²) in [4.78, 5) is 15.6. The van der Waals surface area contributed by atoms with Gasteiger partial charge in [-0.2, -0.15) is 0 Å². The van der Waals surface area contributed by atoms with Gasteiger partial charge in [-0.3, -0.25) is 4.79 Å². The first-order valence-electron chi connectivity index (χ1n) is 10.7. The zero-order valence-electron chi connectivity index (χ0n) is 17.6. The van der Waals surface area contributed by atoms with Gasteiger partial charge in [-0.05, 0) is 24.1 Å². The summed E-state index contributed by atoms with van der Waals surface area (Å²) in [5.74, 6) is 0.908. The number of hydrogen-bond acceptors (Lipinski definition) is 2. The summed E-state index contributed by atoms with van der Waals surface area (Å²) in [5, 5.41) is 0. The van der Waals surface area contributed by atoms with Crippen LogP contribution in [0.25, 0.3) is 5.57 Å². The quantitative estimate of drug-likeness (QED) is 0.395. The topological polar surface area (TPSA) is 29.5 Å². The van der Waals surface area contributed by atoms with Crippen molar-refractivity contribution in [3.8, 4) is 0 Å². The van der Waals surface area contributed by atoms with E-state index in [0.29, 0.717) is 18.7 Å². The van der Waals surface area contributed by atoms with E-state index in [2.05, 4.69) is 30.8 Å². The molecule has 0 unspecified atom stereocenters. The predicted molar refractivity (Wildman–Crippen MR) is 124 cm³/mol. The average molecular weight is 408 g/mol. The Balaban J connectivity index is 1.64. The van der Waals surface area contributed by atoms with Gasteiger partial charge in [0.25, 0.3) is 5.91 Å². The molecule has 154 valence electrons. The molecule has 1 fully saturated rings. The molecular formula is C28H25NO2. The number of benzene rings is 3. The molecule has 1 amide bonds. The highest BCUT2D eigenvalue weighted by molar-refractivity contribution is 6.33. The number of fused-ring (bicyclic) bond motifs is 1. The van der Waals surface area contributed by atoms with Crippen molar-refractivity contribution in [2.75, 3.05) is 11.5 Å². The zero-order chi connectivity index (χ0) is 21.4. The smallest absolute Gasteiger partial charge is 0.262 e. The maximum atomic E-state index is 13.8. The fourth-order valence-electron chi connectivity index (χ4n) is 4.69. The molecule has 0 aliphatic carbocycles. The minimum Gasteiger partial charge on any atom is -0.496 e. The second-order valence-corrected chi connectivity index (χ2v) is 8.29. The predicted octanol–water partition coefficient (Wildman–Crippen LogP) is 5.95. The van der Waals surface area contributed by atoms with Crippen LogP contribution in [0.3, 0.4) is 0 Å². The van der Waals surface area contributed by atoms with Crippen LogP contribution >= 0.6 is 0 Å². The van der Waals surface area contributed by atoms with Crippen LogP contribution in [0.2, 0.25) is 0 Å². The summed E-state index contributed by atoms with van der Waals surface area (Å²) < 4.78 is 6.27. The largest absolute Gasteiger partial charge is 0.496 e. The number of allylic oxidation sites excluding steroid dienone is 1. The minimum atomic E-state index is -0.0117. The van der Waals surface area contributed by atoms with Crippen LogP contribution in [0.5, 0.6) is 0 Å². The number of carbonyl (C=O) groups is 1. The molecule has 2 atom stereocenters. The van der Waals surface area contributed by atoms with Crippen LogP contribution in [0, 0.1) is 5.92 Å². The summed E-state index contributed by atoms with van der Waals surface area (Å²) in [7, 11) is 0. The van der Waals surface area contributed by atoms with E-state index in [0.717, 1.165) is 33.7 Å². The lowest BCUT2D eigenvalue weighted by molar-refractivity contribution is -0.113. The number of anilines is 1. The first kappa shape index (κ1) is 19.4. The van der Waals surface area contributed by atoms with Crippen molar-refractivity contribution in [3.63, 3.8) is 0 Å². The van der Waals surface area contributed by atoms with E-state index in [1.54, 1.807) is 0 Å². The van der Waals surface area contributed by atoms with Crippen LogP contribution < -0.4 is 4.90 Å². The maximum Gasteiger partial charge on any atom is 0.262 e. The van der Waals surface area contributed by atoms with Crippen LogP contribution in [0.4, 0.5) is 5.69 Å². The Kier molecular flexibility index (Phi) is 4.95. The Bertz CT molecular complexity index is 1160. The second-order valence-electron chi connectivity index (χ2n) is 8.29. The Morgan fingerprint density at radius 1 is 0.968 bits per heavy atom. The highest BCUT2D eigenvalue weighted by atomic mass is 16.5. The standard InChI is InChI=1S/C28H25NO2/c1-19(2)23-18-31-27(25(23)21-13-7-4-8-14-21)26-22-15-9-10-16-24(22)29(28(26)30)17-20-11-5-3-6-12-20/h3-16,23,25H,1,17-18H2,2H3/b27-26+/t23-,25-/m0/s1. The van der Waals surface area contributed by atoms with Gasteiger partial charge in [0.15, 0.2) is 0 Å².